The fourth-order valence-corrected chi connectivity index (χ4v) is 1.76. The minimum absolute atomic E-state index is 0.384. The van der Waals surface area contributed by atoms with E-state index in [4.69, 9.17) is 0 Å². The minimum atomic E-state index is -0.384. The molecule has 0 saturated heterocycles. The van der Waals surface area contributed by atoms with E-state index in [-0.39, 0.29) is 5.97 Å². The lowest BCUT2D eigenvalue weighted by Crippen LogP contribution is -2.00. The van der Waals surface area contributed by atoms with Crippen LogP contribution < -0.4 is 5.32 Å². The number of nitrogens with zero attached hydrogens (tertiary/aromatic N) is 3. The molecule has 0 atom stereocenters. The number of thiazole rings is 1. The van der Waals surface area contributed by atoms with Crippen molar-refractivity contribution in [2.45, 2.75) is 6.54 Å². The van der Waals surface area contributed by atoms with Crippen LogP contribution in [0.5, 0.6) is 0 Å². The number of ether oxygens (including phenoxy) is 1. The second-order valence-corrected chi connectivity index (χ2v) is 3.84. The van der Waals surface area contributed by atoms with Crippen molar-refractivity contribution in [3.63, 3.8) is 0 Å². The first kappa shape index (κ1) is 10.6. The highest BCUT2D eigenvalue weighted by atomic mass is 32.1. The van der Waals surface area contributed by atoms with Gasteiger partial charge in [-0.25, -0.2) is 14.8 Å². The summed E-state index contributed by atoms with van der Waals surface area (Å²) in [6.07, 6.45) is 2.90. The quantitative estimate of drug-likeness (QED) is 0.761. The van der Waals surface area contributed by atoms with Crippen LogP contribution in [0.3, 0.4) is 0 Å². The molecule has 2 N–H and O–H groups in total. The molecule has 2 heterocycles. The first-order valence-electron chi connectivity index (χ1n) is 4.42. The van der Waals surface area contributed by atoms with Gasteiger partial charge >= 0.3 is 5.97 Å². The summed E-state index contributed by atoms with van der Waals surface area (Å²) in [5.41, 5.74) is 0. The molecule has 0 bridgehead atoms. The Labute approximate surface area is 94.9 Å². The summed E-state index contributed by atoms with van der Waals surface area (Å²) in [5.74, 6) is 0.319. The fraction of sp³-hybridized carbons (Fsp3) is 0.250. The molecule has 2 aromatic rings. The molecule has 0 aromatic carbocycles. The second-order valence-electron chi connectivity index (χ2n) is 2.81. The zero-order valence-electron chi connectivity index (χ0n) is 8.43. The van der Waals surface area contributed by atoms with E-state index >= 15 is 0 Å². The zero-order valence-corrected chi connectivity index (χ0v) is 9.24. The van der Waals surface area contributed by atoms with Crippen LogP contribution >= 0.6 is 11.3 Å². The van der Waals surface area contributed by atoms with Gasteiger partial charge in [-0.05, 0) is 0 Å². The van der Waals surface area contributed by atoms with Gasteiger partial charge in [-0.2, -0.15) is 5.10 Å². The second kappa shape index (κ2) is 4.71. The molecule has 0 fully saturated rings. The average Bonchev–Trinajstić information content (AvgIpc) is 2.96. The predicted octanol–water partition coefficient (Wildman–Crippen LogP) is 0.660. The summed E-state index contributed by atoms with van der Waals surface area (Å²) in [6, 6.07) is 0. The maximum absolute atomic E-state index is 11.2. The van der Waals surface area contributed by atoms with Crippen molar-refractivity contribution >= 4 is 22.4 Å². The van der Waals surface area contributed by atoms with Crippen LogP contribution in [0.15, 0.2) is 12.5 Å². The number of hydrogen-bond acceptors (Lipinski definition) is 7. The van der Waals surface area contributed by atoms with Crippen LogP contribution in [0.4, 0.5) is 5.13 Å². The number of methoxy groups -OCH3 is 1. The molecule has 84 valence electrons. The number of aromatic amines is 1. The number of H-pyrrole nitrogens is 1. The van der Waals surface area contributed by atoms with Crippen LogP contribution in [0.1, 0.15) is 15.5 Å². The van der Waals surface area contributed by atoms with Crippen LogP contribution in [0, 0.1) is 0 Å². The number of rotatable bonds is 4. The highest BCUT2D eigenvalue weighted by Gasteiger charge is 2.10. The van der Waals surface area contributed by atoms with Crippen molar-refractivity contribution in [2.75, 3.05) is 12.4 Å². The molecule has 0 saturated carbocycles. The highest BCUT2D eigenvalue weighted by Crippen LogP contribution is 2.18. The molecule has 0 aliphatic carbocycles. The largest absolute Gasteiger partial charge is 0.465 e. The Kier molecular flexibility index (Phi) is 3.10. The van der Waals surface area contributed by atoms with Crippen molar-refractivity contribution in [1.29, 1.82) is 0 Å². The van der Waals surface area contributed by atoms with E-state index in [1.807, 2.05) is 0 Å². The first-order chi connectivity index (χ1) is 7.79. The molecule has 2 aromatic heterocycles. The van der Waals surface area contributed by atoms with Crippen molar-refractivity contribution in [1.82, 2.24) is 20.2 Å². The van der Waals surface area contributed by atoms with E-state index in [1.165, 1.54) is 31.0 Å². The number of esters is 1. The molecule has 0 aliphatic rings. The summed E-state index contributed by atoms with van der Waals surface area (Å²) in [4.78, 5) is 19.6. The number of carbonyl (C=O) groups excluding carboxylic acids is 1. The van der Waals surface area contributed by atoms with Gasteiger partial charge in [0, 0.05) is 0 Å². The molecule has 0 radical (unpaired) electrons. The molecule has 0 aliphatic heterocycles. The van der Waals surface area contributed by atoms with Crippen molar-refractivity contribution in [3.8, 4) is 0 Å². The molecular weight excluding hydrogens is 230 g/mol. The van der Waals surface area contributed by atoms with Crippen LogP contribution in [-0.4, -0.2) is 33.2 Å². The van der Waals surface area contributed by atoms with Crippen molar-refractivity contribution in [3.05, 3.63) is 23.2 Å². The summed E-state index contributed by atoms with van der Waals surface area (Å²) in [6.45, 7) is 0.480. The van der Waals surface area contributed by atoms with E-state index in [9.17, 15) is 4.79 Å². The fourth-order valence-electron chi connectivity index (χ4n) is 1.03. The Morgan fingerprint density at radius 3 is 3.19 bits per heavy atom. The standard InChI is InChI=1S/C8H9N5O2S/c1-15-7(14)5-2-9-8(16-5)10-3-6-11-4-12-13-6/h2,4H,3H2,1H3,(H,9,10)(H,11,12,13). The number of carbonyl (C=O) groups is 1. The van der Waals surface area contributed by atoms with E-state index in [2.05, 4.69) is 30.2 Å². The van der Waals surface area contributed by atoms with Crippen molar-refractivity contribution < 1.29 is 9.53 Å². The topological polar surface area (TPSA) is 92.8 Å². The van der Waals surface area contributed by atoms with Gasteiger partial charge in [0.2, 0.25) is 0 Å². The van der Waals surface area contributed by atoms with E-state index in [0.29, 0.717) is 22.4 Å². The third kappa shape index (κ3) is 2.34. The first-order valence-corrected chi connectivity index (χ1v) is 5.23. The molecular formula is C8H9N5O2S. The number of nitrogens with one attached hydrogen (secondary N) is 2. The molecule has 8 heteroatoms. The van der Waals surface area contributed by atoms with Gasteiger partial charge in [-0.15, -0.1) is 0 Å². The summed E-state index contributed by atoms with van der Waals surface area (Å²) in [5, 5.41) is 10.1. The number of anilines is 1. The maximum atomic E-state index is 11.2. The van der Waals surface area contributed by atoms with E-state index in [0.717, 1.165) is 0 Å². The number of aromatic nitrogens is 4. The molecule has 2 rings (SSSR count). The SMILES string of the molecule is COC(=O)c1cnc(NCc2ncn[nH]2)s1. The Morgan fingerprint density at radius 1 is 1.62 bits per heavy atom. The lowest BCUT2D eigenvalue weighted by Gasteiger charge is -1.97. The Bertz CT molecular complexity index is 466. The van der Waals surface area contributed by atoms with Gasteiger partial charge in [0.15, 0.2) is 5.13 Å². The molecule has 7 nitrogen and oxygen atoms in total. The van der Waals surface area contributed by atoms with E-state index in [1.54, 1.807) is 0 Å². The zero-order chi connectivity index (χ0) is 11.4. The third-order valence-electron chi connectivity index (χ3n) is 1.76. The third-order valence-corrected chi connectivity index (χ3v) is 2.70. The van der Waals surface area contributed by atoms with Crippen LogP contribution in [0.25, 0.3) is 0 Å². The normalized spacial score (nSPS) is 10.1. The average molecular weight is 239 g/mol. The van der Waals surface area contributed by atoms with Crippen molar-refractivity contribution in [2.24, 2.45) is 0 Å². The molecule has 0 unspecified atom stereocenters. The molecule has 16 heavy (non-hydrogen) atoms. The van der Waals surface area contributed by atoms with Gasteiger partial charge < -0.3 is 10.1 Å². The molecule has 0 spiro atoms. The van der Waals surface area contributed by atoms with Gasteiger partial charge in [0.1, 0.15) is 17.0 Å². The van der Waals surface area contributed by atoms with Crippen LogP contribution in [-0.2, 0) is 11.3 Å². The summed E-state index contributed by atoms with van der Waals surface area (Å²) in [7, 11) is 1.34. The Hall–Kier alpha value is -1.96. The van der Waals surface area contributed by atoms with Gasteiger partial charge in [-0.3, -0.25) is 5.10 Å². The summed E-state index contributed by atoms with van der Waals surface area (Å²) >= 11 is 1.23. The lowest BCUT2D eigenvalue weighted by molar-refractivity contribution is 0.0606. The van der Waals surface area contributed by atoms with Gasteiger partial charge in [-0.1, -0.05) is 11.3 Å². The summed E-state index contributed by atoms with van der Waals surface area (Å²) < 4.78 is 4.58. The molecule has 0 amide bonds. The van der Waals surface area contributed by atoms with Gasteiger partial charge in [0.25, 0.3) is 0 Å². The van der Waals surface area contributed by atoms with E-state index < -0.39 is 0 Å². The van der Waals surface area contributed by atoms with Crippen LogP contribution in [0.2, 0.25) is 0 Å². The smallest absolute Gasteiger partial charge is 0.349 e. The Balaban J connectivity index is 1.95. The highest BCUT2D eigenvalue weighted by molar-refractivity contribution is 7.17. The lowest BCUT2D eigenvalue weighted by atomic mass is 10.6. The maximum Gasteiger partial charge on any atom is 0.349 e. The predicted molar refractivity (Wildman–Crippen MR) is 57.2 cm³/mol. The number of hydrogen-bond donors (Lipinski definition) is 2. The minimum Gasteiger partial charge on any atom is -0.465 e. The Morgan fingerprint density at radius 2 is 2.50 bits per heavy atom. The monoisotopic (exact) mass is 239 g/mol. The van der Waals surface area contributed by atoms with Gasteiger partial charge in [0.05, 0.1) is 19.9 Å².